The number of hydrogen-bond acceptors (Lipinski definition) is 4. The standard InChI is InChI=1S/C27H24F3N5O/c28-27(29,30)21-8-6-18(7-9-21)23-16-35(34-33-23)24-15-20(17-4-2-1-3-5-17)14-22(26(31)36)25(24)19-10-12-32-13-11-19/h1-9,14-16,19,32H,10-13H2,(H2,31,36). The van der Waals surface area contributed by atoms with Crippen molar-refractivity contribution >= 4 is 5.91 Å². The summed E-state index contributed by atoms with van der Waals surface area (Å²) in [7, 11) is 0. The van der Waals surface area contributed by atoms with E-state index in [0.29, 0.717) is 22.5 Å². The lowest BCUT2D eigenvalue weighted by molar-refractivity contribution is -0.137. The van der Waals surface area contributed by atoms with Gasteiger partial charge in [0.25, 0.3) is 0 Å². The van der Waals surface area contributed by atoms with Gasteiger partial charge in [-0.2, -0.15) is 13.2 Å². The number of aromatic nitrogens is 3. The van der Waals surface area contributed by atoms with Gasteiger partial charge < -0.3 is 11.1 Å². The molecular weight excluding hydrogens is 467 g/mol. The molecule has 0 bridgehead atoms. The normalized spacial score (nSPS) is 14.6. The minimum Gasteiger partial charge on any atom is -0.366 e. The molecule has 1 aromatic heterocycles. The summed E-state index contributed by atoms with van der Waals surface area (Å²) < 4.78 is 40.5. The predicted octanol–water partition coefficient (Wildman–Crippen LogP) is 5.19. The zero-order valence-electron chi connectivity index (χ0n) is 19.3. The van der Waals surface area contributed by atoms with Crippen molar-refractivity contribution in [3.8, 4) is 28.1 Å². The van der Waals surface area contributed by atoms with E-state index in [1.807, 2.05) is 42.5 Å². The SMILES string of the molecule is NC(=O)c1cc(-c2ccccc2)cc(-n2cc(-c3ccc(C(F)(F)F)cc3)nn2)c1C1CCNCC1. The van der Waals surface area contributed by atoms with Crippen molar-refractivity contribution in [1.82, 2.24) is 20.3 Å². The van der Waals surface area contributed by atoms with Gasteiger partial charge in [-0.25, -0.2) is 4.68 Å². The van der Waals surface area contributed by atoms with Crippen molar-refractivity contribution in [1.29, 1.82) is 0 Å². The fourth-order valence-corrected chi connectivity index (χ4v) is 4.71. The van der Waals surface area contributed by atoms with Crippen LogP contribution in [0.15, 0.2) is 72.9 Å². The van der Waals surface area contributed by atoms with Crippen LogP contribution in [-0.4, -0.2) is 34.0 Å². The first-order valence-corrected chi connectivity index (χ1v) is 11.7. The molecule has 1 aliphatic rings. The number of primary amides is 1. The Labute approximate surface area is 205 Å². The summed E-state index contributed by atoms with van der Waals surface area (Å²) in [6.45, 7) is 1.63. The van der Waals surface area contributed by atoms with Crippen LogP contribution in [-0.2, 0) is 6.18 Å². The molecule has 184 valence electrons. The Balaban J connectivity index is 1.64. The Bertz CT molecular complexity index is 1380. The van der Waals surface area contributed by atoms with Crippen molar-refractivity contribution in [2.24, 2.45) is 5.73 Å². The predicted molar refractivity (Wildman–Crippen MR) is 131 cm³/mol. The summed E-state index contributed by atoms with van der Waals surface area (Å²) in [6, 6.07) is 18.2. The number of rotatable bonds is 5. The molecule has 0 unspecified atom stereocenters. The number of piperidine rings is 1. The summed E-state index contributed by atoms with van der Waals surface area (Å²) in [4.78, 5) is 12.6. The molecule has 1 aliphatic heterocycles. The van der Waals surface area contributed by atoms with Crippen molar-refractivity contribution in [3.63, 3.8) is 0 Å². The Morgan fingerprint density at radius 2 is 1.64 bits per heavy atom. The lowest BCUT2D eigenvalue weighted by Crippen LogP contribution is -2.29. The lowest BCUT2D eigenvalue weighted by Gasteiger charge is -2.27. The number of alkyl halides is 3. The zero-order valence-corrected chi connectivity index (χ0v) is 19.3. The Morgan fingerprint density at radius 3 is 2.28 bits per heavy atom. The first kappa shape index (κ1) is 23.7. The molecule has 3 aromatic carbocycles. The van der Waals surface area contributed by atoms with Gasteiger partial charge in [-0.05, 0) is 72.8 Å². The highest BCUT2D eigenvalue weighted by molar-refractivity contribution is 5.97. The average Bonchev–Trinajstić information content (AvgIpc) is 3.39. The van der Waals surface area contributed by atoms with E-state index >= 15 is 0 Å². The summed E-state index contributed by atoms with van der Waals surface area (Å²) in [6.07, 6.45) is -1.08. The summed E-state index contributed by atoms with van der Waals surface area (Å²) >= 11 is 0. The molecule has 2 heterocycles. The number of nitrogens with one attached hydrogen (secondary N) is 1. The molecule has 0 atom stereocenters. The molecule has 0 spiro atoms. The van der Waals surface area contributed by atoms with Gasteiger partial charge in [0, 0.05) is 11.1 Å². The molecule has 36 heavy (non-hydrogen) atoms. The van der Waals surface area contributed by atoms with E-state index in [4.69, 9.17) is 5.73 Å². The number of nitrogens with zero attached hydrogens (tertiary/aromatic N) is 3. The molecule has 5 rings (SSSR count). The molecule has 1 fully saturated rings. The molecule has 3 N–H and O–H groups in total. The first-order chi connectivity index (χ1) is 17.3. The largest absolute Gasteiger partial charge is 0.416 e. The molecule has 4 aromatic rings. The molecule has 1 amide bonds. The van der Waals surface area contributed by atoms with Gasteiger partial charge in [-0.3, -0.25) is 4.79 Å². The zero-order chi connectivity index (χ0) is 25.3. The molecule has 0 radical (unpaired) electrons. The second-order valence-corrected chi connectivity index (χ2v) is 8.83. The van der Waals surface area contributed by atoms with Crippen molar-refractivity contribution in [3.05, 3.63) is 89.6 Å². The summed E-state index contributed by atoms with van der Waals surface area (Å²) in [5.74, 6) is -0.432. The van der Waals surface area contributed by atoms with Crippen molar-refractivity contribution in [2.75, 3.05) is 13.1 Å². The van der Waals surface area contributed by atoms with Crippen LogP contribution >= 0.6 is 0 Å². The number of carbonyl (C=O) groups excluding carboxylic acids is 1. The number of hydrogen-bond donors (Lipinski definition) is 2. The lowest BCUT2D eigenvalue weighted by atomic mass is 9.84. The van der Waals surface area contributed by atoms with E-state index in [1.54, 1.807) is 10.9 Å². The minimum atomic E-state index is -4.41. The molecule has 0 aliphatic carbocycles. The molecule has 6 nitrogen and oxygen atoms in total. The Hall–Kier alpha value is -3.98. The number of amides is 1. The van der Waals surface area contributed by atoms with Gasteiger partial charge in [0.05, 0.1) is 17.4 Å². The Kier molecular flexibility index (Phi) is 6.32. The van der Waals surface area contributed by atoms with Gasteiger partial charge in [0.1, 0.15) is 5.69 Å². The van der Waals surface area contributed by atoms with Crippen molar-refractivity contribution in [2.45, 2.75) is 24.9 Å². The highest BCUT2D eigenvalue weighted by atomic mass is 19.4. The van der Waals surface area contributed by atoms with E-state index in [-0.39, 0.29) is 5.92 Å². The van der Waals surface area contributed by atoms with E-state index in [1.165, 1.54) is 12.1 Å². The highest BCUT2D eigenvalue weighted by Gasteiger charge is 2.30. The third kappa shape index (κ3) is 4.74. The first-order valence-electron chi connectivity index (χ1n) is 11.7. The van der Waals surface area contributed by atoms with Crippen LogP contribution in [0.25, 0.3) is 28.1 Å². The van der Waals surface area contributed by atoms with E-state index in [9.17, 15) is 18.0 Å². The molecule has 0 saturated carbocycles. The average molecular weight is 492 g/mol. The number of carbonyl (C=O) groups is 1. The number of benzene rings is 3. The van der Waals surface area contributed by atoms with Gasteiger partial charge in [0.2, 0.25) is 5.91 Å². The quantitative estimate of drug-likeness (QED) is 0.403. The minimum absolute atomic E-state index is 0.0901. The van der Waals surface area contributed by atoms with E-state index < -0.39 is 17.6 Å². The van der Waals surface area contributed by atoms with Crippen LogP contribution < -0.4 is 11.1 Å². The Morgan fingerprint density at radius 1 is 0.944 bits per heavy atom. The fourth-order valence-electron chi connectivity index (χ4n) is 4.71. The third-order valence-electron chi connectivity index (χ3n) is 6.53. The van der Waals surface area contributed by atoms with E-state index in [0.717, 1.165) is 54.8 Å². The van der Waals surface area contributed by atoms with Gasteiger partial charge in [-0.1, -0.05) is 47.7 Å². The van der Waals surface area contributed by atoms with Crippen LogP contribution in [0.3, 0.4) is 0 Å². The second kappa shape index (κ2) is 9.58. The molecule has 9 heteroatoms. The van der Waals surface area contributed by atoms with Crippen LogP contribution in [0.1, 0.15) is 40.2 Å². The monoisotopic (exact) mass is 491 g/mol. The van der Waals surface area contributed by atoms with Crippen LogP contribution in [0, 0.1) is 0 Å². The third-order valence-corrected chi connectivity index (χ3v) is 6.53. The summed E-state index contributed by atoms with van der Waals surface area (Å²) in [5, 5.41) is 11.9. The molecular formula is C27H24F3N5O. The van der Waals surface area contributed by atoms with Crippen molar-refractivity contribution < 1.29 is 18.0 Å². The van der Waals surface area contributed by atoms with Gasteiger partial charge in [-0.15, -0.1) is 5.10 Å². The topological polar surface area (TPSA) is 85.8 Å². The highest BCUT2D eigenvalue weighted by Crippen LogP contribution is 2.37. The fraction of sp³-hybridized carbons (Fsp3) is 0.222. The van der Waals surface area contributed by atoms with Crippen LogP contribution in [0.5, 0.6) is 0 Å². The van der Waals surface area contributed by atoms with E-state index in [2.05, 4.69) is 15.6 Å². The maximum Gasteiger partial charge on any atom is 0.416 e. The molecule has 1 saturated heterocycles. The van der Waals surface area contributed by atoms with Gasteiger partial charge >= 0.3 is 6.18 Å². The number of nitrogens with two attached hydrogens (primary N) is 1. The smallest absolute Gasteiger partial charge is 0.366 e. The maximum absolute atomic E-state index is 13.0. The van der Waals surface area contributed by atoms with Crippen LogP contribution in [0.2, 0.25) is 0 Å². The second-order valence-electron chi connectivity index (χ2n) is 8.83. The summed E-state index contributed by atoms with van der Waals surface area (Å²) in [5.41, 5.74) is 9.73. The van der Waals surface area contributed by atoms with Gasteiger partial charge in [0.15, 0.2) is 0 Å². The number of halogens is 3. The van der Waals surface area contributed by atoms with Crippen LogP contribution in [0.4, 0.5) is 13.2 Å². The maximum atomic E-state index is 13.0.